The smallest absolute Gasteiger partial charge is 0.0312 e. The number of nitrogens with zero attached hydrogens (tertiary/aromatic N) is 1. The van der Waals surface area contributed by atoms with E-state index in [-0.39, 0.29) is 38.3 Å². The van der Waals surface area contributed by atoms with E-state index in [1.54, 1.807) is 0 Å². The van der Waals surface area contributed by atoms with Crippen molar-refractivity contribution >= 4 is 26.5 Å². The van der Waals surface area contributed by atoms with Gasteiger partial charge >= 0.3 is 75.6 Å². The standard InChI is InChI=1S/C27H37O2Si.C5H5.CO.F6P.Mo.NO/c1-6-7-14-23-20-19-22(2)26(29-23)21-28-30(27(3,4)5,24-15-10-8-11-16-24)25-17-12-9-13-18-25;1-2-4-5-3-1;1-2;1-7(2,3,4,5)6;;1-2/h6-18,22-23,26H,19-21H2,1-5H3;1-5H;;;;/q;;;-1;+2;+1/t22-,23-,26+;;;;;/m1...../s1. The van der Waals surface area contributed by atoms with Gasteiger partial charge in [0.1, 0.15) is 0 Å². The summed E-state index contributed by atoms with van der Waals surface area (Å²) < 4.78 is 87.5. The van der Waals surface area contributed by atoms with Gasteiger partial charge in [-0.3, -0.25) is 0 Å². The third-order valence-corrected chi connectivity index (χ3v) is 11.9. The van der Waals surface area contributed by atoms with Crippen LogP contribution in [0, 0.1) is 69.4 Å². The molecule has 4 rings (SSSR count). The Morgan fingerprint density at radius 1 is 0.851 bits per heavy atom. The maximum atomic E-state index is 9.87. The molecule has 1 aliphatic carbocycles. The van der Waals surface area contributed by atoms with E-state index in [0.29, 0.717) is 12.5 Å². The van der Waals surface area contributed by atoms with E-state index in [1.165, 1.54) is 16.8 Å². The van der Waals surface area contributed by atoms with Crippen molar-refractivity contribution in [3.8, 4) is 0 Å². The predicted molar refractivity (Wildman–Crippen MR) is 171 cm³/mol. The summed E-state index contributed by atoms with van der Waals surface area (Å²) in [5.74, 6) is 0.499. The van der Waals surface area contributed by atoms with Crippen LogP contribution in [0.1, 0.15) is 47.5 Å². The Bertz CT molecular complexity index is 1080. The Balaban J connectivity index is 0. The molecule has 2 aliphatic rings. The van der Waals surface area contributed by atoms with Crippen molar-refractivity contribution in [3.63, 3.8) is 0 Å². The topological polar surface area (TPSA) is 82.0 Å². The zero-order valence-corrected chi connectivity index (χ0v) is 30.9. The van der Waals surface area contributed by atoms with Crippen molar-refractivity contribution in [2.45, 2.75) is 64.7 Å². The Morgan fingerprint density at radius 2 is 1.23 bits per heavy atom. The Kier molecular flexibility index (Phi) is 21.4. The summed E-state index contributed by atoms with van der Waals surface area (Å²) in [6, 6.07) is 21.7. The van der Waals surface area contributed by atoms with Gasteiger partial charge in [0.2, 0.25) is 0 Å². The van der Waals surface area contributed by atoms with Gasteiger partial charge in [-0.05, 0) is 85.5 Å². The van der Waals surface area contributed by atoms with Crippen LogP contribution in [0.3, 0.4) is 0 Å². The molecule has 1 saturated carbocycles. The van der Waals surface area contributed by atoms with E-state index in [9.17, 15) is 25.2 Å². The van der Waals surface area contributed by atoms with Crippen molar-refractivity contribution in [1.29, 1.82) is 5.46 Å². The van der Waals surface area contributed by atoms with Gasteiger partial charge < -0.3 is 9.16 Å². The molecule has 2 aromatic rings. The first-order chi connectivity index (χ1) is 21.3. The first-order valence-electron chi connectivity index (χ1n) is 14.3. The summed E-state index contributed by atoms with van der Waals surface area (Å²) in [7, 11) is -13.2. The molecule has 2 fully saturated rings. The minimum absolute atomic E-state index is 0. The van der Waals surface area contributed by atoms with Crippen LogP contribution in [0.2, 0.25) is 5.04 Å². The van der Waals surface area contributed by atoms with E-state index in [1.807, 2.05) is 39.0 Å². The summed E-state index contributed by atoms with van der Waals surface area (Å²) in [5.41, 5.74) is 5.75. The van der Waals surface area contributed by atoms with Crippen molar-refractivity contribution in [2.24, 2.45) is 5.92 Å². The third kappa shape index (κ3) is 20.1. The second-order valence-corrected chi connectivity index (χ2v) is 17.6. The van der Waals surface area contributed by atoms with Crippen LogP contribution in [0.15, 0.2) is 60.7 Å². The van der Waals surface area contributed by atoms with Gasteiger partial charge in [0.25, 0.3) is 8.32 Å². The molecule has 0 N–H and O–H groups in total. The fourth-order valence-electron chi connectivity index (χ4n) is 4.91. The summed E-state index contributed by atoms with van der Waals surface area (Å²) >= 11 is 0. The van der Waals surface area contributed by atoms with E-state index in [0.717, 1.165) is 6.42 Å². The Hall–Kier alpha value is -1.31. The van der Waals surface area contributed by atoms with Crippen molar-refractivity contribution in [1.82, 2.24) is 0 Å². The first kappa shape index (κ1) is 47.8. The number of hydrogen-bond acceptors (Lipinski definition) is 3. The van der Waals surface area contributed by atoms with E-state index in [4.69, 9.17) is 24.0 Å². The van der Waals surface area contributed by atoms with Crippen LogP contribution >= 0.6 is 7.81 Å². The zero-order chi connectivity index (χ0) is 35.6. The molecule has 1 saturated heterocycles. The molecule has 0 unspecified atom stereocenters. The van der Waals surface area contributed by atoms with Crippen LogP contribution in [-0.4, -0.2) is 27.1 Å². The normalized spacial score (nSPS) is 20.6. The zero-order valence-electron chi connectivity index (χ0n) is 26.9. The molecule has 2 aromatic carbocycles. The summed E-state index contributed by atoms with van der Waals surface area (Å²) in [4.78, 5) is 0. The second-order valence-electron chi connectivity index (χ2n) is 11.4. The summed E-state index contributed by atoms with van der Waals surface area (Å²) in [6.07, 6.45) is 18.9. The molecule has 8 radical (unpaired) electrons. The van der Waals surface area contributed by atoms with Crippen molar-refractivity contribution in [2.75, 3.05) is 6.61 Å². The number of rotatable bonds is 8. The van der Waals surface area contributed by atoms with Crippen LogP contribution in [0.4, 0.5) is 25.2 Å². The largest absolute Gasteiger partial charge is 2.00 e. The summed E-state index contributed by atoms with van der Waals surface area (Å²) in [5, 5.41) is 2.64. The van der Waals surface area contributed by atoms with Gasteiger partial charge in [-0.15, -0.1) is 0 Å². The molecule has 1 aliphatic heterocycles. The van der Waals surface area contributed by atoms with Gasteiger partial charge in [-0.25, -0.2) is 0 Å². The molecule has 0 bridgehead atoms. The second kappa shape index (κ2) is 21.0. The molecule has 14 heteroatoms. The Morgan fingerprint density at radius 3 is 1.57 bits per heavy atom. The van der Waals surface area contributed by atoms with Crippen LogP contribution in [0.5, 0.6) is 0 Å². The Labute approximate surface area is 291 Å². The first-order valence-corrected chi connectivity index (χ1v) is 18.3. The number of benzene rings is 2. The number of halogens is 6. The maximum absolute atomic E-state index is 10.7. The fraction of sp³-hybridized carbons (Fsp3) is 0.364. The number of ether oxygens (including phenoxy) is 1. The molecule has 5 nitrogen and oxygen atoms in total. The van der Waals surface area contributed by atoms with E-state index in [2.05, 4.69) is 114 Å². The number of unbranched alkanes of at least 4 members (excludes halogenated alkanes) is 1. The third-order valence-electron chi connectivity index (χ3n) is 6.85. The van der Waals surface area contributed by atoms with Crippen molar-refractivity contribution < 1.29 is 64.8 Å². The fourth-order valence-corrected chi connectivity index (χ4v) is 9.48. The molecular formula is C33H42F6MoNO4PSi+2. The predicted octanol–water partition coefficient (Wildman–Crippen LogP) is 9.64. The van der Waals surface area contributed by atoms with E-state index >= 15 is 0 Å². The average Bonchev–Trinajstić information content (AvgIpc) is 3.59. The maximum Gasteiger partial charge on any atom is 2.00 e. The monoisotopic (exact) mass is 787 g/mol. The quantitative estimate of drug-likeness (QED) is 0.0879. The molecule has 0 spiro atoms. The summed E-state index contributed by atoms with van der Waals surface area (Å²) in [6.45, 7) is 16.5. The molecule has 47 heavy (non-hydrogen) atoms. The van der Waals surface area contributed by atoms with Crippen LogP contribution in [-0.2, 0) is 39.7 Å². The van der Waals surface area contributed by atoms with Gasteiger partial charge in [0, 0.05) is 0 Å². The minimum atomic E-state index is -10.7. The molecule has 1 heterocycles. The van der Waals surface area contributed by atoms with Crippen molar-refractivity contribution in [3.05, 3.63) is 119 Å². The molecule has 3 atom stereocenters. The molecule has 0 amide bonds. The van der Waals surface area contributed by atoms with Crippen LogP contribution < -0.4 is 10.4 Å². The van der Waals surface area contributed by atoms with Gasteiger partial charge in [0.05, 0.1) is 18.8 Å². The molecule has 258 valence electrons. The SMILES string of the molecule is C[CH][CH][CH][C@@H]1CC[C@@H](C)[C@H](CO[Si](c2ccccc2)(c2ccccc2)C(C)(C)C)O1.F[P-](F)(F)(F)(F)F.N#[O+].[C-]#[O+].[CH]1[CH][CH][CH][CH]1.[Mo+2]. The average molecular weight is 786 g/mol. The molecular weight excluding hydrogens is 743 g/mol. The minimum Gasteiger partial charge on any atom is -0.0312 e. The van der Waals surface area contributed by atoms with Crippen LogP contribution in [0.25, 0.3) is 0 Å². The molecule has 0 aromatic heterocycles. The van der Waals surface area contributed by atoms with Gasteiger partial charge in [0.15, 0.2) is 0 Å². The van der Waals surface area contributed by atoms with Gasteiger partial charge in [-0.2, -0.15) is 0 Å². The number of hydrogen-bond donors (Lipinski definition) is 0. The van der Waals surface area contributed by atoms with E-state index < -0.39 is 16.1 Å². The van der Waals surface area contributed by atoms with Gasteiger partial charge in [-0.1, -0.05) is 95.3 Å².